The van der Waals surface area contributed by atoms with E-state index in [0.29, 0.717) is 11.4 Å². The van der Waals surface area contributed by atoms with Gasteiger partial charge in [0.15, 0.2) is 0 Å². The Balaban J connectivity index is 3.02. The lowest BCUT2D eigenvalue weighted by Crippen LogP contribution is -2.20. The van der Waals surface area contributed by atoms with Crippen molar-refractivity contribution < 1.29 is 13.9 Å². The second kappa shape index (κ2) is 4.60. The third-order valence-electron chi connectivity index (χ3n) is 1.90. The molecule has 0 saturated heterocycles. The molecule has 3 nitrogen and oxygen atoms in total. The quantitative estimate of drug-likeness (QED) is 0.684. The van der Waals surface area contributed by atoms with Crippen molar-refractivity contribution >= 4 is 12.0 Å². The van der Waals surface area contributed by atoms with E-state index >= 15 is 0 Å². The highest BCUT2D eigenvalue weighted by Gasteiger charge is 2.08. The first-order valence-electron chi connectivity index (χ1n) is 4.17. The molecule has 0 aliphatic carbocycles. The van der Waals surface area contributed by atoms with Crippen LogP contribution in [0.4, 0.5) is 10.1 Å². The molecule has 0 unspecified atom stereocenters. The molecule has 0 N–H and O–H groups in total. The monoisotopic (exact) mass is 197 g/mol. The maximum atomic E-state index is 12.9. The van der Waals surface area contributed by atoms with Crippen molar-refractivity contribution in [1.82, 2.24) is 0 Å². The van der Waals surface area contributed by atoms with Crippen molar-refractivity contribution in [2.24, 2.45) is 0 Å². The van der Waals surface area contributed by atoms with Gasteiger partial charge >= 0.3 is 0 Å². The number of halogens is 1. The molecule has 0 aromatic heterocycles. The van der Waals surface area contributed by atoms with E-state index < -0.39 is 0 Å². The number of carbonyl (C=O) groups is 1. The highest BCUT2D eigenvalue weighted by atomic mass is 19.1. The van der Waals surface area contributed by atoms with Crippen LogP contribution in [-0.4, -0.2) is 27.0 Å². The third-order valence-corrected chi connectivity index (χ3v) is 1.90. The molecule has 1 aromatic carbocycles. The standard InChI is InChI=1S/C10H12FNO2/c1-12(5-6-13)9-7-8(11)3-4-10(9)14-2/h3-4,6-7H,5H2,1-2H3. The van der Waals surface area contributed by atoms with E-state index in [4.69, 9.17) is 4.74 Å². The van der Waals surface area contributed by atoms with Crippen molar-refractivity contribution in [2.45, 2.75) is 0 Å². The predicted molar refractivity (Wildman–Crippen MR) is 52.3 cm³/mol. The molecule has 76 valence electrons. The van der Waals surface area contributed by atoms with E-state index in [1.54, 1.807) is 11.9 Å². The van der Waals surface area contributed by atoms with Crippen molar-refractivity contribution in [3.05, 3.63) is 24.0 Å². The van der Waals surface area contributed by atoms with Gasteiger partial charge in [-0.15, -0.1) is 0 Å². The van der Waals surface area contributed by atoms with Crippen LogP contribution in [-0.2, 0) is 4.79 Å². The number of hydrogen-bond donors (Lipinski definition) is 0. The summed E-state index contributed by atoms with van der Waals surface area (Å²) in [4.78, 5) is 11.9. The molecule has 1 aromatic rings. The van der Waals surface area contributed by atoms with E-state index in [0.717, 1.165) is 6.29 Å². The Kier molecular flexibility index (Phi) is 3.45. The largest absolute Gasteiger partial charge is 0.495 e. The van der Waals surface area contributed by atoms with Crippen molar-refractivity contribution in [3.63, 3.8) is 0 Å². The molecular weight excluding hydrogens is 185 g/mol. The van der Waals surface area contributed by atoms with Gasteiger partial charge in [0.05, 0.1) is 19.3 Å². The number of hydrogen-bond acceptors (Lipinski definition) is 3. The van der Waals surface area contributed by atoms with Crippen LogP contribution in [0.5, 0.6) is 5.75 Å². The van der Waals surface area contributed by atoms with Crippen molar-refractivity contribution in [3.8, 4) is 5.75 Å². The molecule has 0 saturated carbocycles. The van der Waals surface area contributed by atoms with Crippen LogP contribution in [0.25, 0.3) is 0 Å². The molecule has 0 aliphatic rings. The zero-order valence-corrected chi connectivity index (χ0v) is 8.16. The summed E-state index contributed by atoms with van der Waals surface area (Å²) in [5.74, 6) is 0.203. The maximum absolute atomic E-state index is 12.9. The van der Waals surface area contributed by atoms with Crippen LogP contribution in [0.2, 0.25) is 0 Å². The molecule has 0 atom stereocenters. The molecular formula is C10H12FNO2. The summed E-state index contributed by atoms with van der Waals surface area (Å²) in [5.41, 5.74) is 0.569. The van der Waals surface area contributed by atoms with Gasteiger partial charge in [-0.05, 0) is 12.1 Å². The van der Waals surface area contributed by atoms with E-state index in [1.165, 1.54) is 25.3 Å². The zero-order chi connectivity index (χ0) is 10.6. The minimum absolute atomic E-state index is 0.208. The van der Waals surface area contributed by atoms with E-state index in [2.05, 4.69) is 0 Å². The number of ether oxygens (including phenoxy) is 1. The molecule has 0 aliphatic heterocycles. The Bertz CT molecular complexity index is 328. The lowest BCUT2D eigenvalue weighted by Gasteiger charge is -2.18. The van der Waals surface area contributed by atoms with Crippen LogP contribution in [0.15, 0.2) is 18.2 Å². The molecule has 0 radical (unpaired) electrons. The van der Waals surface area contributed by atoms with Gasteiger partial charge in [0.2, 0.25) is 0 Å². The number of carbonyl (C=O) groups excluding carboxylic acids is 1. The topological polar surface area (TPSA) is 29.5 Å². The number of methoxy groups -OCH3 is 1. The highest BCUT2D eigenvalue weighted by Crippen LogP contribution is 2.27. The van der Waals surface area contributed by atoms with Gasteiger partial charge in [0.25, 0.3) is 0 Å². The second-order valence-corrected chi connectivity index (χ2v) is 2.86. The Morgan fingerprint density at radius 1 is 1.57 bits per heavy atom. The third kappa shape index (κ3) is 2.22. The van der Waals surface area contributed by atoms with E-state index in [1.807, 2.05) is 0 Å². The molecule has 1 rings (SSSR count). The second-order valence-electron chi connectivity index (χ2n) is 2.86. The smallest absolute Gasteiger partial charge is 0.142 e. The van der Waals surface area contributed by atoms with Crippen LogP contribution in [0, 0.1) is 5.82 Å². The average molecular weight is 197 g/mol. The molecule has 0 amide bonds. The van der Waals surface area contributed by atoms with Gasteiger partial charge in [0.1, 0.15) is 17.9 Å². The first-order chi connectivity index (χ1) is 6.69. The summed E-state index contributed by atoms with van der Waals surface area (Å²) in [6.07, 6.45) is 0.754. The van der Waals surface area contributed by atoms with Crippen molar-refractivity contribution in [1.29, 1.82) is 0 Å². The normalized spacial score (nSPS) is 9.64. The number of rotatable bonds is 4. The summed E-state index contributed by atoms with van der Waals surface area (Å²) < 4.78 is 18.0. The van der Waals surface area contributed by atoms with E-state index in [9.17, 15) is 9.18 Å². The Morgan fingerprint density at radius 3 is 2.86 bits per heavy atom. The van der Waals surface area contributed by atoms with Gasteiger partial charge in [-0.2, -0.15) is 0 Å². The summed E-state index contributed by atoms with van der Waals surface area (Å²) >= 11 is 0. The zero-order valence-electron chi connectivity index (χ0n) is 8.16. The molecule has 0 bridgehead atoms. The number of aldehydes is 1. The SMILES string of the molecule is COc1ccc(F)cc1N(C)CC=O. The van der Waals surface area contributed by atoms with Crippen LogP contribution in [0.1, 0.15) is 0 Å². The Labute approximate surface area is 82.1 Å². The fourth-order valence-corrected chi connectivity index (χ4v) is 1.17. The maximum Gasteiger partial charge on any atom is 0.142 e. The lowest BCUT2D eigenvalue weighted by molar-refractivity contribution is -0.106. The molecule has 14 heavy (non-hydrogen) atoms. The summed E-state index contributed by atoms with van der Waals surface area (Å²) in [5, 5.41) is 0. The van der Waals surface area contributed by atoms with Crippen LogP contribution >= 0.6 is 0 Å². The molecule has 0 heterocycles. The number of anilines is 1. The number of nitrogens with zero attached hydrogens (tertiary/aromatic N) is 1. The van der Waals surface area contributed by atoms with Crippen LogP contribution < -0.4 is 9.64 Å². The Hall–Kier alpha value is -1.58. The molecule has 4 heteroatoms. The highest BCUT2D eigenvalue weighted by molar-refractivity contribution is 5.65. The average Bonchev–Trinajstić information content (AvgIpc) is 2.18. The minimum atomic E-state index is -0.349. The summed E-state index contributed by atoms with van der Waals surface area (Å²) in [7, 11) is 3.21. The molecule has 0 spiro atoms. The summed E-state index contributed by atoms with van der Waals surface area (Å²) in [6.45, 7) is 0.208. The number of likely N-dealkylation sites (N-methyl/N-ethyl adjacent to an activating group) is 1. The fourth-order valence-electron chi connectivity index (χ4n) is 1.17. The first-order valence-corrected chi connectivity index (χ1v) is 4.17. The van der Waals surface area contributed by atoms with Crippen LogP contribution in [0.3, 0.4) is 0 Å². The van der Waals surface area contributed by atoms with E-state index in [-0.39, 0.29) is 12.4 Å². The van der Waals surface area contributed by atoms with Gasteiger partial charge in [-0.1, -0.05) is 0 Å². The van der Waals surface area contributed by atoms with Gasteiger partial charge in [0, 0.05) is 13.1 Å². The lowest BCUT2D eigenvalue weighted by atomic mass is 10.2. The van der Waals surface area contributed by atoms with Gasteiger partial charge in [-0.3, -0.25) is 0 Å². The van der Waals surface area contributed by atoms with Crippen molar-refractivity contribution in [2.75, 3.05) is 25.6 Å². The first kappa shape index (κ1) is 10.5. The fraction of sp³-hybridized carbons (Fsp3) is 0.300. The van der Waals surface area contributed by atoms with Gasteiger partial charge < -0.3 is 14.4 Å². The Morgan fingerprint density at radius 2 is 2.29 bits per heavy atom. The van der Waals surface area contributed by atoms with Gasteiger partial charge in [-0.25, -0.2) is 4.39 Å². The summed E-state index contributed by atoms with van der Waals surface area (Å²) in [6, 6.07) is 4.19. The number of benzene rings is 1. The minimum Gasteiger partial charge on any atom is -0.495 e. The molecule has 0 fully saturated rings. The predicted octanol–water partition coefficient (Wildman–Crippen LogP) is 1.47.